The number of hydrogen-bond donors (Lipinski definition) is 2. The summed E-state index contributed by atoms with van der Waals surface area (Å²) in [6.45, 7) is 1.41. The van der Waals surface area contributed by atoms with E-state index in [4.69, 9.17) is 26.8 Å². The van der Waals surface area contributed by atoms with Crippen LogP contribution in [-0.4, -0.2) is 24.7 Å². The van der Waals surface area contributed by atoms with Gasteiger partial charge in [0.15, 0.2) is 0 Å². The minimum atomic E-state index is -0.864. The molecule has 140 valence electrons. The third-order valence-corrected chi connectivity index (χ3v) is 4.67. The number of carbonyl (C=O) groups is 1. The van der Waals surface area contributed by atoms with Gasteiger partial charge in [-0.05, 0) is 43.2 Å². The first-order chi connectivity index (χ1) is 12.1. The molecule has 1 fully saturated rings. The number of carbonyl (C=O) groups excluding carboxylic acids is 1. The standard InChI is InChI=1S/C19H21ClN2O3.ClH/c20-17-4-2-1-3-14(17)13-25-16-7-5-15(6-8-16)22-18(23)19(21)9-11-24-12-10-19;/h1-8H,9-13,21H2,(H,22,23);1H. The van der Waals surface area contributed by atoms with Crippen LogP contribution in [0, 0.1) is 0 Å². The van der Waals surface area contributed by atoms with Crippen LogP contribution in [0.25, 0.3) is 0 Å². The van der Waals surface area contributed by atoms with Gasteiger partial charge in [-0.25, -0.2) is 0 Å². The Morgan fingerprint density at radius 1 is 1.15 bits per heavy atom. The molecule has 0 atom stereocenters. The highest BCUT2D eigenvalue weighted by Crippen LogP contribution is 2.23. The van der Waals surface area contributed by atoms with Gasteiger partial charge in [-0.1, -0.05) is 29.8 Å². The molecule has 1 amide bonds. The maximum Gasteiger partial charge on any atom is 0.244 e. The second-order valence-electron chi connectivity index (χ2n) is 6.13. The quantitative estimate of drug-likeness (QED) is 0.805. The number of benzene rings is 2. The summed E-state index contributed by atoms with van der Waals surface area (Å²) < 4.78 is 11.0. The van der Waals surface area contributed by atoms with Crippen LogP contribution in [0.1, 0.15) is 18.4 Å². The fourth-order valence-corrected chi connectivity index (χ4v) is 2.82. The van der Waals surface area contributed by atoms with Crippen molar-refractivity contribution in [1.29, 1.82) is 0 Å². The van der Waals surface area contributed by atoms with Crippen molar-refractivity contribution in [2.75, 3.05) is 18.5 Å². The normalized spacial score (nSPS) is 15.6. The molecule has 3 N–H and O–H groups in total. The van der Waals surface area contributed by atoms with Gasteiger partial charge in [-0.2, -0.15) is 0 Å². The zero-order chi connectivity index (χ0) is 17.7. The topological polar surface area (TPSA) is 73.6 Å². The van der Waals surface area contributed by atoms with E-state index in [0.29, 0.717) is 49.1 Å². The van der Waals surface area contributed by atoms with Gasteiger partial charge < -0.3 is 20.5 Å². The van der Waals surface area contributed by atoms with Crippen LogP contribution in [0.4, 0.5) is 5.69 Å². The molecule has 0 unspecified atom stereocenters. The Labute approximate surface area is 164 Å². The molecule has 0 aliphatic carbocycles. The predicted octanol–water partition coefficient (Wildman–Crippen LogP) is 3.79. The molecule has 1 heterocycles. The lowest BCUT2D eigenvalue weighted by atomic mass is 9.90. The van der Waals surface area contributed by atoms with Crippen molar-refractivity contribution in [3.05, 3.63) is 59.1 Å². The van der Waals surface area contributed by atoms with Crippen LogP contribution < -0.4 is 15.8 Å². The summed E-state index contributed by atoms with van der Waals surface area (Å²) in [4.78, 5) is 12.4. The monoisotopic (exact) mass is 396 g/mol. The summed E-state index contributed by atoms with van der Waals surface area (Å²) in [7, 11) is 0. The van der Waals surface area contributed by atoms with Crippen LogP contribution in [0.3, 0.4) is 0 Å². The summed E-state index contributed by atoms with van der Waals surface area (Å²) in [5.74, 6) is 0.520. The van der Waals surface area contributed by atoms with E-state index in [9.17, 15) is 4.79 Å². The SMILES string of the molecule is Cl.NC1(C(=O)Nc2ccc(OCc3ccccc3Cl)cc2)CCOCC1. The highest BCUT2D eigenvalue weighted by molar-refractivity contribution is 6.31. The maximum atomic E-state index is 12.4. The molecular formula is C19H22Cl2N2O3. The van der Waals surface area contributed by atoms with Crippen molar-refractivity contribution < 1.29 is 14.3 Å². The largest absolute Gasteiger partial charge is 0.489 e. The second-order valence-corrected chi connectivity index (χ2v) is 6.53. The molecule has 0 spiro atoms. The summed E-state index contributed by atoms with van der Waals surface area (Å²) >= 11 is 6.11. The third kappa shape index (κ3) is 5.11. The van der Waals surface area contributed by atoms with E-state index in [1.54, 1.807) is 24.3 Å². The molecule has 3 rings (SSSR count). The number of anilines is 1. The molecule has 2 aromatic rings. The zero-order valence-corrected chi connectivity index (χ0v) is 15.8. The lowest BCUT2D eigenvalue weighted by molar-refractivity contribution is -0.124. The van der Waals surface area contributed by atoms with E-state index in [1.807, 2.05) is 24.3 Å². The van der Waals surface area contributed by atoms with Gasteiger partial charge in [0.2, 0.25) is 5.91 Å². The van der Waals surface area contributed by atoms with Crippen molar-refractivity contribution in [2.45, 2.75) is 25.0 Å². The van der Waals surface area contributed by atoms with E-state index >= 15 is 0 Å². The summed E-state index contributed by atoms with van der Waals surface area (Å²) in [6.07, 6.45) is 1.05. The average molecular weight is 397 g/mol. The van der Waals surface area contributed by atoms with Gasteiger partial charge in [-0.15, -0.1) is 12.4 Å². The number of hydrogen-bond acceptors (Lipinski definition) is 4. The Morgan fingerprint density at radius 3 is 2.46 bits per heavy atom. The lowest BCUT2D eigenvalue weighted by Crippen LogP contribution is -2.54. The van der Waals surface area contributed by atoms with E-state index in [0.717, 1.165) is 5.56 Å². The van der Waals surface area contributed by atoms with Crippen LogP contribution in [0.2, 0.25) is 5.02 Å². The molecule has 0 bridgehead atoms. The fourth-order valence-electron chi connectivity index (χ4n) is 2.63. The summed E-state index contributed by atoms with van der Waals surface area (Å²) in [6, 6.07) is 14.8. The average Bonchev–Trinajstić information content (AvgIpc) is 2.63. The first-order valence-electron chi connectivity index (χ1n) is 8.21. The minimum absolute atomic E-state index is 0. The number of nitrogens with two attached hydrogens (primary N) is 1. The number of amides is 1. The van der Waals surface area contributed by atoms with Crippen LogP contribution in [0.15, 0.2) is 48.5 Å². The Hall–Kier alpha value is -1.79. The van der Waals surface area contributed by atoms with E-state index < -0.39 is 5.54 Å². The van der Waals surface area contributed by atoms with Gasteiger partial charge >= 0.3 is 0 Å². The number of halogens is 2. The zero-order valence-electron chi connectivity index (χ0n) is 14.2. The third-order valence-electron chi connectivity index (χ3n) is 4.30. The maximum absolute atomic E-state index is 12.4. The van der Waals surface area contributed by atoms with E-state index in [1.165, 1.54) is 0 Å². The molecular weight excluding hydrogens is 375 g/mol. The molecule has 0 aromatic heterocycles. The van der Waals surface area contributed by atoms with Crippen LogP contribution in [0.5, 0.6) is 5.75 Å². The molecule has 2 aromatic carbocycles. The highest BCUT2D eigenvalue weighted by atomic mass is 35.5. The van der Waals surface area contributed by atoms with Gasteiger partial charge in [0, 0.05) is 29.5 Å². The Kier molecular flexibility index (Phi) is 7.29. The molecule has 5 nitrogen and oxygen atoms in total. The molecule has 1 aliphatic rings. The Balaban J connectivity index is 0.00000243. The molecule has 1 aliphatic heterocycles. The van der Waals surface area contributed by atoms with Crippen molar-refractivity contribution in [3.8, 4) is 5.75 Å². The minimum Gasteiger partial charge on any atom is -0.489 e. The Bertz CT molecular complexity index is 732. The van der Waals surface area contributed by atoms with Crippen LogP contribution >= 0.6 is 24.0 Å². The second kappa shape index (κ2) is 9.24. The van der Waals surface area contributed by atoms with Gasteiger partial charge in [0.25, 0.3) is 0 Å². The van der Waals surface area contributed by atoms with Gasteiger partial charge in [0.1, 0.15) is 17.9 Å². The predicted molar refractivity (Wildman–Crippen MR) is 105 cm³/mol. The van der Waals surface area contributed by atoms with Crippen molar-refractivity contribution in [1.82, 2.24) is 0 Å². The Morgan fingerprint density at radius 2 is 1.81 bits per heavy atom. The van der Waals surface area contributed by atoms with Gasteiger partial charge in [-0.3, -0.25) is 4.79 Å². The molecule has 7 heteroatoms. The molecule has 1 saturated heterocycles. The summed E-state index contributed by atoms with van der Waals surface area (Å²) in [5, 5.41) is 3.54. The van der Waals surface area contributed by atoms with E-state index in [2.05, 4.69) is 5.32 Å². The number of nitrogens with one attached hydrogen (secondary N) is 1. The molecule has 26 heavy (non-hydrogen) atoms. The fraction of sp³-hybridized carbons (Fsp3) is 0.316. The summed E-state index contributed by atoms with van der Waals surface area (Å²) in [5.41, 5.74) is 6.92. The number of ether oxygens (including phenoxy) is 2. The van der Waals surface area contributed by atoms with Crippen molar-refractivity contribution in [3.63, 3.8) is 0 Å². The number of rotatable bonds is 5. The first kappa shape index (κ1) is 20.5. The highest BCUT2D eigenvalue weighted by Gasteiger charge is 2.35. The van der Waals surface area contributed by atoms with Crippen molar-refractivity contribution >= 4 is 35.6 Å². The lowest BCUT2D eigenvalue weighted by Gasteiger charge is -2.31. The van der Waals surface area contributed by atoms with Crippen LogP contribution in [-0.2, 0) is 16.1 Å². The van der Waals surface area contributed by atoms with Crippen molar-refractivity contribution in [2.24, 2.45) is 5.73 Å². The first-order valence-corrected chi connectivity index (χ1v) is 8.59. The smallest absolute Gasteiger partial charge is 0.244 e. The van der Waals surface area contributed by atoms with Gasteiger partial charge in [0.05, 0.1) is 0 Å². The van der Waals surface area contributed by atoms with E-state index in [-0.39, 0.29) is 18.3 Å². The molecule has 0 saturated carbocycles. The molecule has 0 radical (unpaired) electrons.